The first kappa shape index (κ1) is 21.1. The van der Waals surface area contributed by atoms with Gasteiger partial charge in [-0.15, -0.1) is 0 Å². The summed E-state index contributed by atoms with van der Waals surface area (Å²) in [6, 6.07) is 19.3. The number of halogens is 1. The van der Waals surface area contributed by atoms with Crippen LogP contribution in [-0.2, 0) is 13.1 Å². The van der Waals surface area contributed by atoms with Gasteiger partial charge < -0.3 is 19.4 Å². The largest absolute Gasteiger partial charge is 0.497 e. The Morgan fingerprint density at radius 1 is 1.00 bits per heavy atom. The van der Waals surface area contributed by atoms with E-state index in [2.05, 4.69) is 5.32 Å². The normalized spacial score (nSPS) is 10.7. The average molecular weight is 432 g/mol. The Bertz CT molecular complexity index is 1280. The highest BCUT2D eigenvalue weighted by molar-refractivity contribution is 5.89. The standard InChI is InChI=1S/C25H21FN2O4/c1-31-21-12-10-20(11-13-21)27-25(30)28(14-17-6-8-19(26)9-7-17)15-18-16-32-23-5-3-2-4-22(23)24(18)29/h2-13,16H,14-15H2,1H3,(H,27,30). The lowest BCUT2D eigenvalue weighted by Crippen LogP contribution is -2.35. The summed E-state index contributed by atoms with van der Waals surface area (Å²) in [6.45, 7) is 0.196. The van der Waals surface area contributed by atoms with Crippen molar-refractivity contribution in [1.82, 2.24) is 4.90 Å². The van der Waals surface area contributed by atoms with Gasteiger partial charge in [-0.1, -0.05) is 24.3 Å². The number of carbonyl (C=O) groups excluding carboxylic acids is 1. The van der Waals surface area contributed by atoms with Gasteiger partial charge in [0.05, 0.1) is 30.9 Å². The van der Waals surface area contributed by atoms with Crippen molar-refractivity contribution in [2.45, 2.75) is 13.1 Å². The van der Waals surface area contributed by atoms with Gasteiger partial charge in [0, 0.05) is 12.2 Å². The molecule has 4 aromatic rings. The highest BCUT2D eigenvalue weighted by Crippen LogP contribution is 2.18. The Morgan fingerprint density at radius 3 is 2.44 bits per heavy atom. The monoisotopic (exact) mass is 432 g/mol. The lowest BCUT2D eigenvalue weighted by Gasteiger charge is -2.23. The molecule has 162 valence electrons. The summed E-state index contributed by atoms with van der Waals surface area (Å²) < 4.78 is 24.1. The molecule has 0 saturated heterocycles. The zero-order valence-corrected chi connectivity index (χ0v) is 17.4. The number of para-hydroxylation sites is 1. The van der Waals surface area contributed by atoms with E-state index in [9.17, 15) is 14.0 Å². The van der Waals surface area contributed by atoms with Crippen LogP contribution in [0, 0.1) is 5.82 Å². The van der Waals surface area contributed by atoms with E-state index in [1.807, 2.05) is 0 Å². The number of hydrogen-bond acceptors (Lipinski definition) is 4. The summed E-state index contributed by atoms with van der Waals surface area (Å²) in [5.41, 5.74) is 1.92. The molecular formula is C25H21FN2O4. The van der Waals surface area contributed by atoms with E-state index in [1.54, 1.807) is 67.8 Å². The minimum atomic E-state index is -0.410. The summed E-state index contributed by atoms with van der Waals surface area (Å²) in [5, 5.41) is 3.27. The second-order valence-corrected chi connectivity index (χ2v) is 7.23. The Kier molecular flexibility index (Phi) is 6.17. The number of benzene rings is 3. The first-order valence-electron chi connectivity index (χ1n) is 9.97. The summed E-state index contributed by atoms with van der Waals surface area (Å²) >= 11 is 0. The van der Waals surface area contributed by atoms with Crippen LogP contribution in [0.4, 0.5) is 14.9 Å². The van der Waals surface area contributed by atoms with Crippen LogP contribution >= 0.6 is 0 Å². The summed E-state index contributed by atoms with van der Waals surface area (Å²) in [6.07, 6.45) is 1.38. The van der Waals surface area contributed by atoms with Crippen LogP contribution in [-0.4, -0.2) is 18.0 Å². The van der Waals surface area contributed by atoms with E-state index < -0.39 is 6.03 Å². The molecule has 1 aromatic heterocycles. The zero-order valence-electron chi connectivity index (χ0n) is 17.4. The molecule has 0 saturated carbocycles. The number of nitrogens with one attached hydrogen (secondary N) is 1. The van der Waals surface area contributed by atoms with E-state index in [1.165, 1.54) is 23.3 Å². The van der Waals surface area contributed by atoms with E-state index in [4.69, 9.17) is 9.15 Å². The van der Waals surface area contributed by atoms with Crippen LogP contribution in [0.2, 0.25) is 0 Å². The molecule has 0 atom stereocenters. The van der Waals surface area contributed by atoms with Crippen LogP contribution in [0.25, 0.3) is 11.0 Å². The lowest BCUT2D eigenvalue weighted by molar-refractivity contribution is 0.206. The molecule has 32 heavy (non-hydrogen) atoms. The minimum Gasteiger partial charge on any atom is -0.497 e. The van der Waals surface area contributed by atoms with Crippen molar-refractivity contribution in [3.8, 4) is 5.75 Å². The number of ether oxygens (including phenoxy) is 1. The van der Waals surface area contributed by atoms with E-state index in [0.717, 1.165) is 5.56 Å². The third kappa shape index (κ3) is 4.78. The molecule has 0 fully saturated rings. The molecule has 6 nitrogen and oxygen atoms in total. The lowest BCUT2D eigenvalue weighted by atomic mass is 10.1. The van der Waals surface area contributed by atoms with Crippen molar-refractivity contribution < 1.29 is 18.3 Å². The number of fused-ring (bicyclic) bond motifs is 1. The summed E-state index contributed by atoms with van der Waals surface area (Å²) in [5.74, 6) is 0.304. The molecule has 0 bridgehead atoms. The highest BCUT2D eigenvalue weighted by atomic mass is 19.1. The van der Waals surface area contributed by atoms with Crippen molar-refractivity contribution in [2.75, 3.05) is 12.4 Å². The van der Waals surface area contributed by atoms with Crippen molar-refractivity contribution >= 4 is 22.7 Å². The maximum atomic E-state index is 13.3. The molecule has 0 aliphatic heterocycles. The summed E-state index contributed by atoms with van der Waals surface area (Å²) in [4.78, 5) is 27.5. The second-order valence-electron chi connectivity index (χ2n) is 7.23. The minimum absolute atomic E-state index is 0.0204. The van der Waals surface area contributed by atoms with Gasteiger partial charge in [-0.2, -0.15) is 0 Å². The van der Waals surface area contributed by atoms with Crippen LogP contribution in [0.3, 0.4) is 0 Å². The topological polar surface area (TPSA) is 71.8 Å². The number of amides is 2. The van der Waals surface area contributed by atoms with Crippen molar-refractivity contribution in [3.05, 3.63) is 106 Å². The molecule has 7 heteroatoms. The Morgan fingerprint density at radius 2 is 1.72 bits per heavy atom. The third-order valence-corrected chi connectivity index (χ3v) is 5.03. The van der Waals surface area contributed by atoms with Gasteiger partial charge in [0.25, 0.3) is 0 Å². The predicted molar refractivity (Wildman–Crippen MR) is 120 cm³/mol. The van der Waals surface area contributed by atoms with Gasteiger partial charge >= 0.3 is 6.03 Å². The van der Waals surface area contributed by atoms with Gasteiger partial charge in [-0.3, -0.25) is 4.79 Å². The average Bonchev–Trinajstić information content (AvgIpc) is 2.82. The van der Waals surface area contributed by atoms with Gasteiger partial charge in [-0.25, -0.2) is 9.18 Å². The molecule has 3 aromatic carbocycles. The Hall–Kier alpha value is -4.13. The SMILES string of the molecule is COc1ccc(NC(=O)N(Cc2ccc(F)cc2)Cc2coc3ccccc3c2=O)cc1. The fourth-order valence-electron chi connectivity index (χ4n) is 3.32. The molecule has 0 aliphatic carbocycles. The second kappa shape index (κ2) is 9.34. The number of carbonyl (C=O) groups is 1. The zero-order chi connectivity index (χ0) is 22.5. The number of rotatable bonds is 6. The van der Waals surface area contributed by atoms with Crippen molar-refractivity contribution in [3.63, 3.8) is 0 Å². The molecule has 1 N–H and O–H groups in total. The highest BCUT2D eigenvalue weighted by Gasteiger charge is 2.18. The van der Waals surface area contributed by atoms with E-state index >= 15 is 0 Å². The van der Waals surface area contributed by atoms with Crippen LogP contribution in [0.5, 0.6) is 5.75 Å². The molecule has 0 radical (unpaired) electrons. The Balaban J connectivity index is 1.62. The molecule has 1 heterocycles. The number of anilines is 1. The molecule has 0 unspecified atom stereocenters. The number of urea groups is 1. The number of hydrogen-bond donors (Lipinski definition) is 1. The first-order valence-corrected chi connectivity index (χ1v) is 9.97. The van der Waals surface area contributed by atoms with Gasteiger partial charge in [0.15, 0.2) is 5.43 Å². The van der Waals surface area contributed by atoms with Gasteiger partial charge in [0.2, 0.25) is 0 Å². The molecule has 0 aliphatic rings. The number of nitrogens with zero attached hydrogens (tertiary/aromatic N) is 1. The van der Waals surface area contributed by atoms with Gasteiger partial charge in [0.1, 0.15) is 17.1 Å². The number of methoxy groups -OCH3 is 1. The first-order chi connectivity index (χ1) is 15.5. The molecule has 2 amide bonds. The van der Waals surface area contributed by atoms with Gasteiger partial charge in [-0.05, 0) is 54.1 Å². The van der Waals surface area contributed by atoms with Crippen molar-refractivity contribution in [2.24, 2.45) is 0 Å². The summed E-state index contributed by atoms with van der Waals surface area (Å²) in [7, 11) is 1.56. The molecule has 4 rings (SSSR count). The fraction of sp³-hybridized carbons (Fsp3) is 0.120. The maximum Gasteiger partial charge on any atom is 0.322 e. The predicted octanol–water partition coefficient (Wildman–Crippen LogP) is 5.18. The molecule has 0 spiro atoms. The van der Waals surface area contributed by atoms with E-state index in [0.29, 0.717) is 28.0 Å². The van der Waals surface area contributed by atoms with Crippen LogP contribution in [0.1, 0.15) is 11.1 Å². The quantitative estimate of drug-likeness (QED) is 0.456. The Labute approximate surface area is 183 Å². The smallest absolute Gasteiger partial charge is 0.322 e. The van der Waals surface area contributed by atoms with Crippen molar-refractivity contribution in [1.29, 1.82) is 0 Å². The maximum absolute atomic E-state index is 13.3. The third-order valence-electron chi connectivity index (χ3n) is 5.03. The van der Waals surface area contributed by atoms with Crippen LogP contribution in [0.15, 0.2) is 88.3 Å². The van der Waals surface area contributed by atoms with E-state index in [-0.39, 0.29) is 24.3 Å². The molecular weight excluding hydrogens is 411 g/mol. The fourth-order valence-corrected chi connectivity index (χ4v) is 3.32. The van der Waals surface area contributed by atoms with Crippen LogP contribution < -0.4 is 15.5 Å².